The van der Waals surface area contributed by atoms with Crippen molar-refractivity contribution in [1.82, 2.24) is 15.5 Å². The maximum absolute atomic E-state index is 11.4. The lowest BCUT2D eigenvalue weighted by Gasteiger charge is -2.33. The highest BCUT2D eigenvalue weighted by Crippen LogP contribution is 2.23. The first kappa shape index (κ1) is 17.5. The van der Waals surface area contributed by atoms with Gasteiger partial charge in [0.15, 0.2) is 0 Å². The number of aryl methyl sites for hydroxylation is 2. The van der Waals surface area contributed by atoms with Crippen molar-refractivity contribution in [2.45, 2.75) is 39.8 Å². The fourth-order valence-electron chi connectivity index (χ4n) is 3.43. The molecule has 1 fully saturated rings. The van der Waals surface area contributed by atoms with Gasteiger partial charge in [-0.25, -0.2) is 0 Å². The molecule has 6 nitrogen and oxygen atoms in total. The zero-order valence-electron chi connectivity index (χ0n) is 15.0. The minimum atomic E-state index is -0.185. The van der Waals surface area contributed by atoms with Gasteiger partial charge in [-0.15, -0.1) is 0 Å². The number of nitrogens with two attached hydrogens (primary N) is 1. The van der Waals surface area contributed by atoms with Crippen molar-refractivity contribution in [3.63, 3.8) is 0 Å². The quantitative estimate of drug-likeness (QED) is 0.750. The predicted molar refractivity (Wildman–Crippen MR) is 99.2 cm³/mol. The Kier molecular flexibility index (Phi) is 5.38. The Hall–Kier alpha value is -2.34. The van der Waals surface area contributed by atoms with E-state index in [1.165, 1.54) is 11.1 Å². The second-order valence-corrected chi connectivity index (χ2v) is 6.87. The molecule has 0 saturated carbocycles. The molecule has 1 saturated heterocycles. The highest BCUT2D eigenvalue weighted by atomic mass is 16.1. The van der Waals surface area contributed by atoms with E-state index in [9.17, 15) is 4.79 Å². The largest absolute Gasteiger partial charge is 0.371 e. The van der Waals surface area contributed by atoms with Crippen molar-refractivity contribution in [1.29, 1.82) is 0 Å². The smallest absolute Gasteiger partial charge is 0.222 e. The number of H-pyrrole nitrogens is 1. The maximum Gasteiger partial charge on any atom is 0.222 e. The summed E-state index contributed by atoms with van der Waals surface area (Å²) >= 11 is 0. The third kappa shape index (κ3) is 4.20. The molecule has 1 aliphatic rings. The SMILES string of the molecule is Cc1n[nH]c(C)c1CNCc1ccc(N2CCCC(C(N)=O)C2)cc1. The number of hydrogen-bond acceptors (Lipinski definition) is 4. The van der Waals surface area contributed by atoms with Crippen molar-refractivity contribution >= 4 is 11.6 Å². The van der Waals surface area contributed by atoms with Crippen LogP contribution in [0.1, 0.15) is 35.4 Å². The fourth-order valence-corrected chi connectivity index (χ4v) is 3.43. The topological polar surface area (TPSA) is 87.0 Å². The summed E-state index contributed by atoms with van der Waals surface area (Å²) in [6.45, 7) is 7.40. The molecule has 1 amide bonds. The summed E-state index contributed by atoms with van der Waals surface area (Å²) in [5, 5.41) is 10.7. The summed E-state index contributed by atoms with van der Waals surface area (Å²) in [7, 11) is 0. The molecule has 0 spiro atoms. The van der Waals surface area contributed by atoms with E-state index in [0.717, 1.165) is 56.1 Å². The van der Waals surface area contributed by atoms with Crippen LogP contribution in [0.2, 0.25) is 0 Å². The predicted octanol–water partition coefficient (Wildman–Crippen LogP) is 2.02. The van der Waals surface area contributed by atoms with E-state index in [1.807, 2.05) is 13.8 Å². The molecule has 4 N–H and O–H groups in total. The molecule has 0 bridgehead atoms. The zero-order chi connectivity index (χ0) is 17.8. The zero-order valence-corrected chi connectivity index (χ0v) is 15.0. The molecule has 1 aromatic carbocycles. The first-order valence-corrected chi connectivity index (χ1v) is 8.89. The van der Waals surface area contributed by atoms with Crippen molar-refractivity contribution in [3.8, 4) is 0 Å². The van der Waals surface area contributed by atoms with E-state index in [2.05, 4.69) is 44.7 Å². The number of anilines is 1. The minimum absolute atomic E-state index is 0.0310. The Bertz CT molecular complexity index is 702. The van der Waals surface area contributed by atoms with Gasteiger partial charge in [-0.1, -0.05) is 12.1 Å². The van der Waals surface area contributed by atoms with Gasteiger partial charge in [0.1, 0.15) is 0 Å². The van der Waals surface area contributed by atoms with Gasteiger partial charge >= 0.3 is 0 Å². The molecule has 2 heterocycles. The van der Waals surface area contributed by atoms with Crippen LogP contribution in [0.15, 0.2) is 24.3 Å². The lowest BCUT2D eigenvalue weighted by Crippen LogP contribution is -2.41. The molecular weight excluding hydrogens is 314 g/mol. The van der Waals surface area contributed by atoms with Gasteiger partial charge < -0.3 is 16.0 Å². The van der Waals surface area contributed by atoms with Crippen molar-refractivity contribution < 1.29 is 4.79 Å². The number of piperidine rings is 1. The molecule has 2 aromatic rings. The Morgan fingerprint density at radius 2 is 2.08 bits per heavy atom. The molecule has 3 rings (SSSR count). The summed E-state index contributed by atoms with van der Waals surface area (Å²) in [5.74, 6) is -0.216. The van der Waals surface area contributed by atoms with Crippen LogP contribution < -0.4 is 16.0 Å². The molecule has 1 unspecified atom stereocenters. The van der Waals surface area contributed by atoms with Crippen LogP contribution in [0, 0.1) is 19.8 Å². The van der Waals surface area contributed by atoms with Crippen LogP contribution in [0.3, 0.4) is 0 Å². The number of carbonyl (C=O) groups is 1. The Morgan fingerprint density at radius 3 is 2.72 bits per heavy atom. The highest BCUT2D eigenvalue weighted by molar-refractivity contribution is 5.77. The van der Waals surface area contributed by atoms with E-state index in [-0.39, 0.29) is 11.8 Å². The van der Waals surface area contributed by atoms with E-state index in [0.29, 0.717) is 0 Å². The third-order valence-electron chi connectivity index (χ3n) is 5.04. The molecule has 6 heteroatoms. The normalized spacial score (nSPS) is 17.7. The first-order chi connectivity index (χ1) is 12.0. The van der Waals surface area contributed by atoms with Crippen LogP contribution in [0.25, 0.3) is 0 Å². The van der Waals surface area contributed by atoms with E-state index in [1.54, 1.807) is 0 Å². The molecule has 1 aromatic heterocycles. The molecule has 134 valence electrons. The highest BCUT2D eigenvalue weighted by Gasteiger charge is 2.23. The second-order valence-electron chi connectivity index (χ2n) is 6.87. The Labute approximate surface area is 148 Å². The lowest BCUT2D eigenvalue weighted by molar-refractivity contribution is -0.122. The average molecular weight is 341 g/mol. The molecular formula is C19H27N5O. The molecule has 0 radical (unpaired) electrons. The number of benzene rings is 1. The maximum atomic E-state index is 11.4. The van der Waals surface area contributed by atoms with Gasteiger partial charge in [0.25, 0.3) is 0 Å². The van der Waals surface area contributed by atoms with Gasteiger partial charge in [-0.3, -0.25) is 9.89 Å². The van der Waals surface area contributed by atoms with Gasteiger partial charge in [0.05, 0.1) is 11.6 Å². The summed E-state index contributed by atoms with van der Waals surface area (Å²) < 4.78 is 0. The molecule has 25 heavy (non-hydrogen) atoms. The Balaban J connectivity index is 1.54. The van der Waals surface area contributed by atoms with Gasteiger partial charge in [0, 0.05) is 43.1 Å². The average Bonchev–Trinajstić information content (AvgIpc) is 2.94. The number of carbonyl (C=O) groups excluding carboxylic acids is 1. The Morgan fingerprint density at radius 1 is 1.32 bits per heavy atom. The first-order valence-electron chi connectivity index (χ1n) is 8.89. The number of hydrogen-bond donors (Lipinski definition) is 3. The number of primary amides is 1. The third-order valence-corrected chi connectivity index (χ3v) is 5.04. The second kappa shape index (κ2) is 7.70. The van der Waals surface area contributed by atoms with E-state index < -0.39 is 0 Å². The number of nitrogens with zero attached hydrogens (tertiary/aromatic N) is 2. The van der Waals surface area contributed by atoms with Gasteiger partial charge in [-0.2, -0.15) is 5.10 Å². The minimum Gasteiger partial charge on any atom is -0.371 e. The monoisotopic (exact) mass is 341 g/mol. The molecule has 0 aliphatic carbocycles. The number of amides is 1. The molecule has 1 aliphatic heterocycles. The number of aromatic amines is 1. The van der Waals surface area contributed by atoms with Crippen LogP contribution in [0.4, 0.5) is 5.69 Å². The van der Waals surface area contributed by atoms with Crippen LogP contribution in [-0.4, -0.2) is 29.2 Å². The lowest BCUT2D eigenvalue weighted by atomic mass is 9.97. The standard InChI is InChI=1S/C19H27N5O/c1-13-18(14(2)23-22-13)11-21-10-15-5-7-17(8-6-15)24-9-3-4-16(12-24)19(20)25/h5-8,16,21H,3-4,9-12H2,1-2H3,(H2,20,25)(H,22,23). The van der Waals surface area contributed by atoms with Crippen LogP contribution in [0.5, 0.6) is 0 Å². The van der Waals surface area contributed by atoms with Gasteiger partial charge in [0.2, 0.25) is 5.91 Å². The van der Waals surface area contributed by atoms with Crippen LogP contribution in [-0.2, 0) is 17.9 Å². The summed E-state index contributed by atoms with van der Waals surface area (Å²) in [6.07, 6.45) is 1.92. The van der Waals surface area contributed by atoms with Crippen molar-refractivity contribution in [2.75, 3.05) is 18.0 Å². The number of rotatable bonds is 6. The van der Waals surface area contributed by atoms with Crippen LogP contribution >= 0.6 is 0 Å². The fraction of sp³-hybridized carbons (Fsp3) is 0.474. The van der Waals surface area contributed by atoms with E-state index >= 15 is 0 Å². The molecule has 1 atom stereocenters. The van der Waals surface area contributed by atoms with E-state index in [4.69, 9.17) is 5.73 Å². The van der Waals surface area contributed by atoms with Gasteiger partial charge in [-0.05, 0) is 44.4 Å². The van der Waals surface area contributed by atoms with Crippen molar-refractivity contribution in [3.05, 3.63) is 46.8 Å². The number of nitrogens with one attached hydrogen (secondary N) is 2. The summed E-state index contributed by atoms with van der Waals surface area (Å²) in [4.78, 5) is 13.7. The summed E-state index contributed by atoms with van der Waals surface area (Å²) in [6, 6.07) is 8.56. The summed E-state index contributed by atoms with van der Waals surface area (Å²) in [5.41, 5.74) is 11.3. The number of aromatic nitrogens is 2. The van der Waals surface area contributed by atoms with Crippen molar-refractivity contribution in [2.24, 2.45) is 11.7 Å².